The molecular formula is C24H34O6. The molecule has 0 bridgehead atoms. The molecule has 166 valence electrons. The Bertz CT molecular complexity index is 612. The molecule has 30 heavy (non-hydrogen) atoms. The van der Waals surface area contributed by atoms with E-state index in [-0.39, 0.29) is 12.6 Å². The number of hydrogen-bond donors (Lipinski definition) is 0. The van der Waals surface area contributed by atoms with Gasteiger partial charge >= 0.3 is 0 Å². The van der Waals surface area contributed by atoms with Crippen molar-refractivity contribution in [3.63, 3.8) is 0 Å². The third-order valence-corrected chi connectivity index (χ3v) is 4.22. The van der Waals surface area contributed by atoms with Crippen LogP contribution < -0.4 is 9.47 Å². The molecule has 0 heterocycles. The van der Waals surface area contributed by atoms with Gasteiger partial charge in [0.05, 0.1) is 0 Å². The summed E-state index contributed by atoms with van der Waals surface area (Å²) in [5.41, 5.74) is 2.20. The molecule has 0 amide bonds. The number of benzene rings is 2. The fourth-order valence-electron chi connectivity index (χ4n) is 2.85. The van der Waals surface area contributed by atoms with Gasteiger partial charge in [-0.1, -0.05) is 24.3 Å². The van der Waals surface area contributed by atoms with Gasteiger partial charge in [0, 0.05) is 26.4 Å². The topological polar surface area (TPSA) is 55.4 Å². The van der Waals surface area contributed by atoms with Crippen LogP contribution in [-0.4, -0.2) is 52.2 Å². The highest BCUT2D eigenvalue weighted by atomic mass is 16.7. The SMILES string of the molecule is CCOC(COc1ccc(-c2ccc(OCC(OCC)OCC)cc2)cc1)OCC. The third-order valence-electron chi connectivity index (χ3n) is 4.22. The Morgan fingerprint density at radius 2 is 0.800 bits per heavy atom. The second-order valence-corrected chi connectivity index (χ2v) is 6.35. The van der Waals surface area contributed by atoms with Crippen LogP contribution in [0.4, 0.5) is 0 Å². The molecule has 0 aliphatic carbocycles. The van der Waals surface area contributed by atoms with Crippen molar-refractivity contribution in [1.29, 1.82) is 0 Å². The number of hydrogen-bond acceptors (Lipinski definition) is 6. The fraction of sp³-hybridized carbons (Fsp3) is 0.500. The van der Waals surface area contributed by atoms with Crippen LogP contribution in [0, 0.1) is 0 Å². The summed E-state index contributed by atoms with van der Waals surface area (Å²) in [6.45, 7) is 10.8. The molecule has 6 nitrogen and oxygen atoms in total. The summed E-state index contributed by atoms with van der Waals surface area (Å²) < 4.78 is 33.5. The van der Waals surface area contributed by atoms with Gasteiger partial charge in [-0.05, 0) is 63.1 Å². The van der Waals surface area contributed by atoms with Crippen molar-refractivity contribution in [3.05, 3.63) is 48.5 Å². The first-order chi connectivity index (χ1) is 14.7. The summed E-state index contributed by atoms with van der Waals surface area (Å²) in [4.78, 5) is 0. The summed E-state index contributed by atoms with van der Waals surface area (Å²) >= 11 is 0. The zero-order chi connectivity index (χ0) is 21.6. The molecule has 6 heteroatoms. The second kappa shape index (κ2) is 14.0. The first kappa shape index (κ1) is 24.2. The van der Waals surface area contributed by atoms with Crippen LogP contribution in [0.25, 0.3) is 11.1 Å². The number of ether oxygens (including phenoxy) is 6. The zero-order valence-corrected chi connectivity index (χ0v) is 18.5. The third kappa shape index (κ3) is 8.32. The van der Waals surface area contributed by atoms with Crippen molar-refractivity contribution in [2.45, 2.75) is 40.3 Å². The van der Waals surface area contributed by atoms with Crippen LogP contribution in [0.15, 0.2) is 48.5 Å². The van der Waals surface area contributed by atoms with E-state index in [0.29, 0.717) is 39.6 Å². The minimum absolute atomic E-state index is 0.350. The monoisotopic (exact) mass is 418 g/mol. The maximum absolute atomic E-state index is 5.78. The van der Waals surface area contributed by atoms with Crippen molar-refractivity contribution >= 4 is 0 Å². The molecule has 2 aromatic carbocycles. The summed E-state index contributed by atoms with van der Waals surface area (Å²) in [6.07, 6.45) is -0.699. The van der Waals surface area contributed by atoms with Crippen molar-refractivity contribution in [3.8, 4) is 22.6 Å². The van der Waals surface area contributed by atoms with Gasteiger partial charge in [-0.3, -0.25) is 0 Å². The van der Waals surface area contributed by atoms with Gasteiger partial charge in [-0.2, -0.15) is 0 Å². The van der Waals surface area contributed by atoms with E-state index >= 15 is 0 Å². The van der Waals surface area contributed by atoms with E-state index < -0.39 is 0 Å². The van der Waals surface area contributed by atoms with Crippen LogP contribution >= 0.6 is 0 Å². The van der Waals surface area contributed by atoms with E-state index in [1.165, 1.54) is 0 Å². The zero-order valence-electron chi connectivity index (χ0n) is 18.5. The van der Waals surface area contributed by atoms with Gasteiger partial charge in [0.25, 0.3) is 0 Å². The van der Waals surface area contributed by atoms with Gasteiger partial charge in [-0.25, -0.2) is 0 Å². The smallest absolute Gasteiger partial charge is 0.191 e. The van der Waals surface area contributed by atoms with Gasteiger partial charge in [-0.15, -0.1) is 0 Å². The van der Waals surface area contributed by atoms with Gasteiger partial charge in [0.1, 0.15) is 24.7 Å². The Morgan fingerprint density at radius 1 is 0.500 bits per heavy atom. The molecule has 2 aromatic rings. The minimum atomic E-state index is -0.350. The molecule has 0 radical (unpaired) electrons. The van der Waals surface area contributed by atoms with Crippen LogP contribution in [0.1, 0.15) is 27.7 Å². The molecule has 0 saturated carbocycles. The minimum Gasteiger partial charge on any atom is -0.488 e. The Hall–Kier alpha value is -2.12. The van der Waals surface area contributed by atoms with E-state index in [1.807, 2.05) is 76.2 Å². The van der Waals surface area contributed by atoms with E-state index in [4.69, 9.17) is 28.4 Å². The van der Waals surface area contributed by atoms with Gasteiger partial charge in [0.15, 0.2) is 12.6 Å². The van der Waals surface area contributed by atoms with Crippen LogP contribution in [0.5, 0.6) is 11.5 Å². The van der Waals surface area contributed by atoms with E-state index in [0.717, 1.165) is 22.6 Å². The van der Waals surface area contributed by atoms with Crippen LogP contribution in [-0.2, 0) is 18.9 Å². The van der Waals surface area contributed by atoms with Crippen LogP contribution in [0.2, 0.25) is 0 Å². The van der Waals surface area contributed by atoms with E-state index in [9.17, 15) is 0 Å². The van der Waals surface area contributed by atoms with Crippen molar-refractivity contribution in [1.82, 2.24) is 0 Å². The lowest BCUT2D eigenvalue weighted by Crippen LogP contribution is -2.25. The van der Waals surface area contributed by atoms with E-state index in [2.05, 4.69) is 0 Å². The molecule has 0 aromatic heterocycles. The van der Waals surface area contributed by atoms with Crippen molar-refractivity contribution in [2.24, 2.45) is 0 Å². The Morgan fingerprint density at radius 3 is 1.07 bits per heavy atom. The quantitative estimate of drug-likeness (QED) is 0.383. The molecule has 0 atom stereocenters. The van der Waals surface area contributed by atoms with Crippen molar-refractivity contribution in [2.75, 3.05) is 39.6 Å². The summed E-state index contributed by atoms with van der Waals surface area (Å²) in [7, 11) is 0. The molecule has 2 rings (SSSR count). The normalized spacial score (nSPS) is 11.3. The van der Waals surface area contributed by atoms with Gasteiger partial charge in [0.2, 0.25) is 0 Å². The summed E-state index contributed by atoms with van der Waals surface area (Å²) in [6, 6.07) is 15.9. The predicted octanol–water partition coefficient (Wildman–Crippen LogP) is 4.91. The lowest BCUT2D eigenvalue weighted by atomic mass is 10.1. The largest absolute Gasteiger partial charge is 0.488 e. The molecule has 0 unspecified atom stereocenters. The second-order valence-electron chi connectivity index (χ2n) is 6.35. The molecule has 0 aliphatic rings. The molecule has 0 spiro atoms. The maximum Gasteiger partial charge on any atom is 0.191 e. The van der Waals surface area contributed by atoms with Gasteiger partial charge < -0.3 is 28.4 Å². The predicted molar refractivity (Wildman–Crippen MR) is 117 cm³/mol. The molecule has 0 fully saturated rings. The highest BCUT2D eigenvalue weighted by molar-refractivity contribution is 5.64. The average molecular weight is 419 g/mol. The summed E-state index contributed by atoms with van der Waals surface area (Å²) in [5, 5.41) is 0. The standard InChI is InChI=1S/C24H34O6/c1-5-25-23(26-6-2)17-29-21-13-9-19(10-14-21)20-11-15-22(16-12-20)30-18-24(27-7-3)28-8-4/h9-16,23-24H,5-8,17-18H2,1-4H3. The lowest BCUT2D eigenvalue weighted by Gasteiger charge is -2.18. The molecular weight excluding hydrogens is 384 g/mol. The fourth-order valence-corrected chi connectivity index (χ4v) is 2.85. The first-order valence-corrected chi connectivity index (χ1v) is 10.6. The molecule has 0 saturated heterocycles. The molecule has 0 aliphatic heterocycles. The van der Waals surface area contributed by atoms with Crippen LogP contribution in [0.3, 0.4) is 0 Å². The first-order valence-electron chi connectivity index (χ1n) is 10.6. The highest BCUT2D eigenvalue weighted by Crippen LogP contribution is 2.25. The van der Waals surface area contributed by atoms with Crippen molar-refractivity contribution < 1.29 is 28.4 Å². The number of rotatable bonds is 15. The Kier molecular flexibility index (Phi) is 11.3. The Balaban J connectivity index is 1.88. The molecule has 0 N–H and O–H groups in total. The van der Waals surface area contributed by atoms with E-state index in [1.54, 1.807) is 0 Å². The Labute approximate surface area is 180 Å². The maximum atomic E-state index is 5.78. The lowest BCUT2D eigenvalue weighted by molar-refractivity contribution is -0.152. The average Bonchev–Trinajstić information content (AvgIpc) is 2.77. The highest BCUT2D eigenvalue weighted by Gasteiger charge is 2.10. The summed E-state index contributed by atoms with van der Waals surface area (Å²) in [5.74, 6) is 1.56.